The number of esters is 1. The standard InChI is InChI=1S/C13H22O3/c1-8-6-10(9(2)12(15)16-5)13(3,4)11(14)7-8/h8,10-11,14H,2,6-7H2,1,3-5H3. The van der Waals surface area contributed by atoms with Crippen molar-refractivity contribution in [3.8, 4) is 0 Å². The van der Waals surface area contributed by atoms with Crippen molar-refractivity contribution in [2.75, 3.05) is 7.11 Å². The molecule has 1 aliphatic carbocycles. The molecule has 1 fully saturated rings. The van der Waals surface area contributed by atoms with Crippen LogP contribution < -0.4 is 0 Å². The van der Waals surface area contributed by atoms with Gasteiger partial charge in [0.25, 0.3) is 0 Å². The lowest BCUT2D eigenvalue weighted by Gasteiger charge is -2.45. The Hall–Kier alpha value is -0.830. The molecule has 0 aliphatic heterocycles. The molecule has 1 N–H and O–H groups in total. The summed E-state index contributed by atoms with van der Waals surface area (Å²) in [6, 6.07) is 0. The zero-order valence-corrected chi connectivity index (χ0v) is 10.6. The number of carbonyl (C=O) groups excluding carboxylic acids is 1. The van der Waals surface area contributed by atoms with Gasteiger partial charge in [-0.2, -0.15) is 0 Å². The van der Waals surface area contributed by atoms with Gasteiger partial charge in [-0.15, -0.1) is 0 Å². The van der Waals surface area contributed by atoms with Gasteiger partial charge in [-0.05, 0) is 30.1 Å². The van der Waals surface area contributed by atoms with Crippen molar-refractivity contribution in [3.05, 3.63) is 12.2 Å². The Bertz CT molecular complexity index is 294. The molecular formula is C13H22O3. The fourth-order valence-corrected chi connectivity index (χ4v) is 2.58. The van der Waals surface area contributed by atoms with E-state index in [2.05, 4.69) is 13.5 Å². The summed E-state index contributed by atoms with van der Waals surface area (Å²) in [5.74, 6) is 0.0486. The van der Waals surface area contributed by atoms with Crippen LogP contribution in [0.25, 0.3) is 0 Å². The SMILES string of the molecule is C=C(C(=O)OC)C1CC(C)CC(O)C1(C)C. The summed E-state index contributed by atoms with van der Waals surface area (Å²) in [7, 11) is 1.36. The number of rotatable bonds is 2. The first kappa shape index (κ1) is 13.2. The minimum absolute atomic E-state index is 0.00120. The second-order valence-corrected chi connectivity index (χ2v) is 5.48. The third-order valence-corrected chi connectivity index (χ3v) is 3.89. The maximum Gasteiger partial charge on any atom is 0.333 e. The van der Waals surface area contributed by atoms with Crippen LogP contribution in [0.15, 0.2) is 12.2 Å². The minimum atomic E-state index is -0.386. The van der Waals surface area contributed by atoms with E-state index in [-0.39, 0.29) is 23.4 Å². The summed E-state index contributed by atoms with van der Waals surface area (Å²) < 4.78 is 4.71. The van der Waals surface area contributed by atoms with Gasteiger partial charge in [0, 0.05) is 5.57 Å². The topological polar surface area (TPSA) is 46.5 Å². The molecule has 3 atom stereocenters. The molecule has 16 heavy (non-hydrogen) atoms. The Kier molecular flexibility index (Phi) is 3.79. The molecule has 1 rings (SSSR count). The molecule has 0 amide bonds. The molecule has 0 aromatic heterocycles. The van der Waals surface area contributed by atoms with Gasteiger partial charge in [-0.25, -0.2) is 4.79 Å². The van der Waals surface area contributed by atoms with Crippen molar-refractivity contribution in [1.29, 1.82) is 0 Å². The predicted octanol–water partition coefficient (Wildman–Crippen LogP) is 2.15. The van der Waals surface area contributed by atoms with E-state index in [4.69, 9.17) is 4.74 Å². The predicted molar refractivity (Wildman–Crippen MR) is 62.8 cm³/mol. The van der Waals surface area contributed by atoms with Crippen LogP contribution in [0.2, 0.25) is 0 Å². The van der Waals surface area contributed by atoms with Crippen LogP contribution in [0.5, 0.6) is 0 Å². The largest absolute Gasteiger partial charge is 0.466 e. The average molecular weight is 226 g/mol. The fourth-order valence-electron chi connectivity index (χ4n) is 2.58. The smallest absolute Gasteiger partial charge is 0.333 e. The third-order valence-electron chi connectivity index (χ3n) is 3.89. The van der Waals surface area contributed by atoms with Gasteiger partial charge in [-0.1, -0.05) is 27.4 Å². The lowest BCUT2D eigenvalue weighted by Crippen LogP contribution is -2.44. The molecule has 0 bridgehead atoms. The van der Waals surface area contributed by atoms with E-state index in [0.29, 0.717) is 11.5 Å². The van der Waals surface area contributed by atoms with Crippen LogP contribution in [-0.4, -0.2) is 24.3 Å². The number of hydrogen-bond donors (Lipinski definition) is 1. The summed E-state index contributed by atoms with van der Waals surface area (Å²) in [6.07, 6.45) is 1.29. The molecule has 3 nitrogen and oxygen atoms in total. The molecule has 1 aliphatic rings. The van der Waals surface area contributed by atoms with Crippen LogP contribution in [0.3, 0.4) is 0 Å². The number of aliphatic hydroxyl groups excluding tert-OH is 1. The highest BCUT2D eigenvalue weighted by atomic mass is 16.5. The number of hydrogen-bond acceptors (Lipinski definition) is 3. The molecule has 0 aromatic rings. The second kappa shape index (κ2) is 4.58. The van der Waals surface area contributed by atoms with E-state index in [1.165, 1.54) is 7.11 Å². The summed E-state index contributed by atoms with van der Waals surface area (Å²) in [5.41, 5.74) is 0.177. The number of methoxy groups -OCH3 is 1. The Morgan fingerprint density at radius 2 is 2.00 bits per heavy atom. The Morgan fingerprint density at radius 3 is 2.50 bits per heavy atom. The highest BCUT2D eigenvalue weighted by Crippen LogP contribution is 2.46. The molecule has 0 radical (unpaired) electrons. The molecule has 1 saturated carbocycles. The monoisotopic (exact) mass is 226 g/mol. The Morgan fingerprint density at radius 1 is 1.44 bits per heavy atom. The van der Waals surface area contributed by atoms with Crippen molar-refractivity contribution < 1.29 is 14.6 Å². The number of ether oxygens (including phenoxy) is 1. The lowest BCUT2D eigenvalue weighted by atomic mass is 9.62. The van der Waals surface area contributed by atoms with E-state index in [0.717, 1.165) is 12.8 Å². The molecule has 0 spiro atoms. The van der Waals surface area contributed by atoms with E-state index in [1.54, 1.807) is 0 Å². The molecule has 3 unspecified atom stereocenters. The maximum absolute atomic E-state index is 11.5. The Balaban J connectivity index is 2.92. The molecular weight excluding hydrogens is 204 g/mol. The van der Waals surface area contributed by atoms with Crippen LogP contribution in [0.4, 0.5) is 0 Å². The summed E-state index contributed by atoms with van der Waals surface area (Å²) in [5, 5.41) is 10.1. The Labute approximate surface area is 97.5 Å². The third kappa shape index (κ3) is 2.29. The van der Waals surface area contributed by atoms with Gasteiger partial charge >= 0.3 is 5.97 Å². The zero-order chi connectivity index (χ0) is 12.5. The van der Waals surface area contributed by atoms with Crippen molar-refractivity contribution in [3.63, 3.8) is 0 Å². The van der Waals surface area contributed by atoms with Gasteiger partial charge in [0.2, 0.25) is 0 Å². The lowest BCUT2D eigenvalue weighted by molar-refractivity contribution is -0.138. The van der Waals surface area contributed by atoms with Crippen LogP contribution in [0.1, 0.15) is 33.6 Å². The highest BCUT2D eigenvalue weighted by Gasteiger charge is 2.44. The van der Waals surface area contributed by atoms with Crippen LogP contribution in [0, 0.1) is 17.3 Å². The fraction of sp³-hybridized carbons (Fsp3) is 0.769. The van der Waals surface area contributed by atoms with Gasteiger partial charge in [0.1, 0.15) is 0 Å². The van der Waals surface area contributed by atoms with Crippen molar-refractivity contribution in [2.45, 2.75) is 39.7 Å². The van der Waals surface area contributed by atoms with E-state index in [9.17, 15) is 9.90 Å². The van der Waals surface area contributed by atoms with E-state index >= 15 is 0 Å². The first-order chi connectivity index (χ1) is 7.30. The van der Waals surface area contributed by atoms with Crippen molar-refractivity contribution in [1.82, 2.24) is 0 Å². The number of carbonyl (C=O) groups is 1. The van der Waals surface area contributed by atoms with Gasteiger partial charge in [0.15, 0.2) is 0 Å². The first-order valence-electron chi connectivity index (χ1n) is 5.75. The normalized spacial score (nSPS) is 33.2. The van der Waals surface area contributed by atoms with Gasteiger partial charge < -0.3 is 9.84 Å². The van der Waals surface area contributed by atoms with E-state index < -0.39 is 0 Å². The molecule has 0 saturated heterocycles. The highest BCUT2D eigenvalue weighted by molar-refractivity contribution is 5.88. The summed E-state index contributed by atoms with van der Waals surface area (Å²) in [6.45, 7) is 9.90. The van der Waals surface area contributed by atoms with Crippen molar-refractivity contribution >= 4 is 5.97 Å². The average Bonchev–Trinajstić information content (AvgIpc) is 2.21. The van der Waals surface area contributed by atoms with E-state index in [1.807, 2.05) is 13.8 Å². The number of aliphatic hydroxyl groups is 1. The molecule has 3 heteroatoms. The first-order valence-corrected chi connectivity index (χ1v) is 5.75. The quantitative estimate of drug-likeness (QED) is 0.579. The van der Waals surface area contributed by atoms with Gasteiger partial charge in [-0.3, -0.25) is 0 Å². The zero-order valence-electron chi connectivity index (χ0n) is 10.6. The summed E-state index contributed by atoms with van der Waals surface area (Å²) >= 11 is 0. The van der Waals surface area contributed by atoms with Gasteiger partial charge in [0.05, 0.1) is 13.2 Å². The van der Waals surface area contributed by atoms with Crippen molar-refractivity contribution in [2.24, 2.45) is 17.3 Å². The molecule has 0 aromatic carbocycles. The molecule has 0 heterocycles. The minimum Gasteiger partial charge on any atom is -0.466 e. The summed E-state index contributed by atoms with van der Waals surface area (Å²) in [4.78, 5) is 11.5. The van der Waals surface area contributed by atoms with Crippen LogP contribution in [-0.2, 0) is 9.53 Å². The maximum atomic E-state index is 11.5. The van der Waals surface area contributed by atoms with Crippen LogP contribution >= 0.6 is 0 Å². The second-order valence-electron chi connectivity index (χ2n) is 5.48. The molecule has 92 valence electrons.